The van der Waals surface area contributed by atoms with Gasteiger partial charge in [0.1, 0.15) is 0 Å². The number of anilines is 1. The number of carbonyl (C=O) groups excluding carboxylic acids is 1. The molecule has 0 saturated heterocycles. The van der Waals surface area contributed by atoms with Crippen LogP contribution in [0.1, 0.15) is 19.4 Å². The molecule has 1 atom stereocenters. The molecular formula is C12H15N3O. The third-order valence-electron chi connectivity index (χ3n) is 2.30. The van der Waals surface area contributed by atoms with Gasteiger partial charge in [-0.05, 0) is 30.2 Å². The summed E-state index contributed by atoms with van der Waals surface area (Å²) >= 11 is 0. The van der Waals surface area contributed by atoms with E-state index in [1.54, 1.807) is 24.3 Å². The number of rotatable bonds is 3. The molecule has 1 unspecified atom stereocenters. The zero-order valence-corrected chi connectivity index (χ0v) is 9.40. The van der Waals surface area contributed by atoms with Crippen LogP contribution in [0.2, 0.25) is 0 Å². The van der Waals surface area contributed by atoms with Crippen molar-refractivity contribution in [2.75, 3.05) is 5.32 Å². The molecule has 0 aromatic heterocycles. The van der Waals surface area contributed by atoms with E-state index in [-0.39, 0.29) is 11.8 Å². The minimum absolute atomic E-state index is 0.0957. The Bertz CT molecular complexity index is 403. The average Bonchev–Trinajstić information content (AvgIpc) is 2.28. The molecule has 1 aromatic rings. The van der Waals surface area contributed by atoms with Gasteiger partial charge < -0.3 is 11.1 Å². The zero-order valence-electron chi connectivity index (χ0n) is 9.40. The van der Waals surface area contributed by atoms with Crippen LogP contribution in [0.25, 0.3) is 0 Å². The Balaban J connectivity index is 2.67. The summed E-state index contributed by atoms with van der Waals surface area (Å²) in [5, 5.41) is 11.3. The molecule has 84 valence electrons. The van der Waals surface area contributed by atoms with Crippen LogP contribution in [0, 0.1) is 17.2 Å². The van der Waals surface area contributed by atoms with E-state index in [1.807, 2.05) is 19.9 Å². The van der Waals surface area contributed by atoms with Gasteiger partial charge >= 0.3 is 0 Å². The molecule has 1 aromatic carbocycles. The van der Waals surface area contributed by atoms with Crippen molar-refractivity contribution in [3.8, 4) is 6.07 Å². The molecule has 0 aliphatic heterocycles. The molecule has 4 nitrogen and oxygen atoms in total. The summed E-state index contributed by atoms with van der Waals surface area (Å²) < 4.78 is 0. The molecule has 0 saturated carbocycles. The molecule has 0 bridgehead atoms. The van der Waals surface area contributed by atoms with Crippen LogP contribution in [-0.4, -0.2) is 11.9 Å². The largest absolute Gasteiger partial charge is 0.325 e. The van der Waals surface area contributed by atoms with Crippen molar-refractivity contribution in [1.82, 2.24) is 0 Å². The fourth-order valence-corrected chi connectivity index (χ4v) is 1.16. The molecule has 0 aliphatic carbocycles. The smallest absolute Gasteiger partial charge is 0.241 e. The number of carbonyl (C=O) groups is 1. The van der Waals surface area contributed by atoms with Crippen molar-refractivity contribution in [1.29, 1.82) is 5.26 Å². The van der Waals surface area contributed by atoms with Crippen molar-refractivity contribution in [2.24, 2.45) is 11.7 Å². The number of benzene rings is 1. The first kappa shape index (κ1) is 12.2. The second-order valence-electron chi connectivity index (χ2n) is 3.95. The van der Waals surface area contributed by atoms with Crippen molar-refractivity contribution in [3.63, 3.8) is 0 Å². The van der Waals surface area contributed by atoms with E-state index in [9.17, 15) is 4.79 Å². The van der Waals surface area contributed by atoms with Crippen LogP contribution >= 0.6 is 0 Å². The van der Waals surface area contributed by atoms with E-state index in [1.165, 1.54) is 0 Å². The van der Waals surface area contributed by atoms with Crippen LogP contribution in [0.15, 0.2) is 24.3 Å². The Kier molecular flexibility index (Phi) is 4.03. The highest BCUT2D eigenvalue weighted by molar-refractivity contribution is 5.94. The maximum Gasteiger partial charge on any atom is 0.241 e. The minimum Gasteiger partial charge on any atom is -0.325 e. The van der Waals surface area contributed by atoms with Crippen LogP contribution in [0.3, 0.4) is 0 Å². The van der Waals surface area contributed by atoms with Crippen molar-refractivity contribution < 1.29 is 4.79 Å². The molecule has 0 heterocycles. The van der Waals surface area contributed by atoms with Gasteiger partial charge in [-0.1, -0.05) is 13.8 Å². The van der Waals surface area contributed by atoms with Gasteiger partial charge in [0.25, 0.3) is 0 Å². The van der Waals surface area contributed by atoms with E-state index in [0.29, 0.717) is 11.3 Å². The van der Waals surface area contributed by atoms with Crippen molar-refractivity contribution in [2.45, 2.75) is 19.9 Å². The van der Waals surface area contributed by atoms with E-state index in [2.05, 4.69) is 5.32 Å². The molecular weight excluding hydrogens is 202 g/mol. The number of hydrogen-bond donors (Lipinski definition) is 2. The number of nitrogens with two attached hydrogens (primary N) is 1. The molecule has 0 spiro atoms. The summed E-state index contributed by atoms with van der Waals surface area (Å²) in [5.74, 6) is -0.113. The first-order chi connectivity index (χ1) is 7.54. The second kappa shape index (κ2) is 5.29. The topological polar surface area (TPSA) is 78.9 Å². The predicted octanol–water partition coefficient (Wildman–Crippen LogP) is 1.48. The van der Waals surface area contributed by atoms with E-state index in [4.69, 9.17) is 11.0 Å². The molecule has 1 amide bonds. The van der Waals surface area contributed by atoms with Crippen LogP contribution in [0.4, 0.5) is 5.69 Å². The first-order valence-electron chi connectivity index (χ1n) is 5.11. The Morgan fingerprint density at radius 2 is 1.94 bits per heavy atom. The van der Waals surface area contributed by atoms with Gasteiger partial charge in [-0.25, -0.2) is 0 Å². The van der Waals surface area contributed by atoms with E-state index < -0.39 is 6.04 Å². The van der Waals surface area contributed by atoms with Crippen LogP contribution in [-0.2, 0) is 4.79 Å². The first-order valence-corrected chi connectivity index (χ1v) is 5.11. The fourth-order valence-electron chi connectivity index (χ4n) is 1.16. The summed E-state index contributed by atoms with van der Waals surface area (Å²) in [4.78, 5) is 11.6. The van der Waals surface area contributed by atoms with Gasteiger partial charge in [-0.3, -0.25) is 4.79 Å². The summed E-state index contributed by atoms with van der Waals surface area (Å²) in [7, 11) is 0. The fraction of sp³-hybridized carbons (Fsp3) is 0.333. The van der Waals surface area contributed by atoms with Gasteiger partial charge in [0, 0.05) is 5.69 Å². The maximum absolute atomic E-state index is 11.6. The summed E-state index contributed by atoms with van der Waals surface area (Å²) in [5.41, 5.74) is 6.91. The molecule has 4 heteroatoms. The van der Waals surface area contributed by atoms with Crippen LogP contribution < -0.4 is 11.1 Å². The van der Waals surface area contributed by atoms with Gasteiger partial charge in [0.05, 0.1) is 17.7 Å². The average molecular weight is 217 g/mol. The highest BCUT2D eigenvalue weighted by atomic mass is 16.2. The van der Waals surface area contributed by atoms with E-state index >= 15 is 0 Å². The molecule has 16 heavy (non-hydrogen) atoms. The number of nitriles is 1. The Labute approximate surface area is 95.1 Å². The maximum atomic E-state index is 11.6. The van der Waals surface area contributed by atoms with Crippen LogP contribution in [0.5, 0.6) is 0 Å². The normalized spacial score (nSPS) is 11.9. The lowest BCUT2D eigenvalue weighted by Gasteiger charge is -2.15. The summed E-state index contributed by atoms with van der Waals surface area (Å²) in [6, 6.07) is 8.16. The Hall–Kier alpha value is -1.86. The monoisotopic (exact) mass is 217 g/mol. The molecule has 0 radical (unpaired) electrons. The summed E-state index contributed by atoms with van der Waals surface area (Å²) in [6.07, 6.45) is 0. The highest BCUT2D eigenvalue weighted by Crippen LogP contribution is 2.10. The second-order valence-corrected chi connectivity index (χ2v) is 3.95. The zero-order chi connectivity index (χ0) is 12.1. The standard InChI is InChI=1S/C12H15N3O/c1-8(2)11(14)12(16)15-10-5-3-9(7-13)4-6-10/h3-6,8,11H,14H2,1-2H3,(H,15,16). The third kappa shape index (κ3) is 3.07. The molecule has 0 aliphatic rings. The number of nitrogens with one attached hydrogen (secondary N) is 1. The number of amides is 1. The lowest BCUT2D eigenvalue weighted by molar-refractivity contribution is -0.118. The van der Waals surface area contributed by atoms with Gasteiger partial charge in [-0.15, -0.1) is 0 Å². The molecule has 1 rings (SSSR count). The molecule has 3 N–H and O–H groups in total. The lowest BCUT2D eigenvalue weighted by atomic mass is 10.0. The van der Waals surface area contributed by atoms with Crippen molar-refractivity contribution in [3.05, 3.63) is 29.8 Å². The SMILES string of the molecule is CC(C)C(N)C(=O)Nc1ccc(C#N)cc1. The Morgan fingerprint density at radius 1 is 1.38 bits per heavy atom. The minimum atomic E-state index is -0.518. The lowest BCUT2D eigenvalue weighted by Crippen LogP contribution is -2.39. The number of nitrogens with zero attached hydrogens (tertiary/aromatic N) is 1. The van der Waals surface area contributed by atoms with Gasteiger partial charge in [0.15, 0.2) is 0 Å². The van der Waals surface area contributed by atoms with Gasteiger partial charge in [-0.2, -0.15) is 5.26 Å². The van der Waals surface area contributed by atoms with Crippen molar-refractivity contribution >= 4 is 11.6 Å². The summed E-state index contributed by atoms with van der Waals surface area (Å²) in [6.45, 7) is 3.78. The van der Waals surface area contributed by atoms with Gasteiger partial charge in [0.2, 0.25) is 5.91 Å². The Morgan fingerprint density at radius 3 is 2.38 bits per heavy atom. The number of hydrogen-bond acceptors (Lipinski definition) is 3. The highest BCUT2D eigenvalue weighted by Gasteiger charge is 2.16. The predicted molar refractivity (Wildman–Crippen MR) is 62.6 cm³/mol. The quantitative estimate of drug-likeness (QED) is 0.804. The van der Waals surface area contributed by atoms with E-state index in [0.717, 1.165) is 0 Å². The third-order valence-corrected chi connectivity index (χ3v) is 2.30. The molecule has 0 fully saturated rings.